The third-order valence-corrected chi connectivity index (χ3v) is 3.70. The third-order valence-electron chi connectivity index (χ3n) is 3.70. The van der Waals surface area contributed by atoms with E-state index in [1.54, 1.807) is 0 Å². The first-order valence-corrected chi connectivity index (χ1v) is 6.66. The van der Waals surface area contributed by atoms with Gasteiger partial charge < -0.3 is 10.1 Å². The second kappa shape index (κ2) is 6.15. The Hall–Kier alpha value is -0.900. The summed E-state index contributed by atoms with van der Waals surface area (Å²) in [5, 5.41) is 3.28. The average Bonchev–Trinajstić information content (AvgIpc) is 2.33. The number of Topliss-reactive ketones (excluding diaryl/α,β-unsaturated/α-hetero) is 1. The highest BCUT2D eigenvalue weighted by Crippen LogP contribution is 2.21. The van der Waals surface area contributed by atoms with Crippen LogP contribution >= 0.6 is 0 Å². The SMILES string of the molecule is O=C1CCC(OC(=O)CC2CCNCC2)CC1. The molecule has 1 saturated carbocycles. The van der Waals surface area contributed by atoms with Gasteiger partial charge in [0.25, 0.3) is 0 Å². The number of hydrogen-bond acceptors (Lipinski definition) is 4. The van der Waals surface area contributed by atoms with Crippen molar-refractivity contribution in [3.8, 4) is 0 Å². The summed E-state index contributed by atoms with van der Waals surface area (Å²) in [7, 11) is 0. The first-order chi connectivity index (χ1) is 8.24. The monoisotopic (exact) mass is 239 g/mol. The topological polar surface area (TPSA) is 55.4 Å². The fourth-order valence-electron chi connectivity index (χ4n) is 2.59. The summed E-state index contributed by atoms with van der Waals surface area (Å²) < 4.78 is 5.43. The molecule has 0 aromatic rings. The minimum absolute atomic E-state index is 0.0121. The van der Waals surface area contributed by atoms with Gasteiger partial charge in [-0.05, 0) is 44.7 Å². The van der Waals surface area contributed by atoms with Crippen molar-refractivity contribution in [3.05, 3.63) is 0 Å². The van der Waals surface area contributed by atoms with E-state index in [-0.39, 0.29) is 12.1 Å². The van der Waals surface area contributed by atoms with Crippen molar-refractivity contribution in [2.24, 2.45) is 5.92 Å². The Labute approximate surface area is 102 Å². The van der Waals surface area contributed by atoms with E-state index in [1.807, 2.05) is 0 Å². The molecular formula is C13H21NO3. The fraction of sp³-hybridized carbons (Fsp3) is 0.846. The lowest BCUT2D eigenvalue weighted by Gasteiger charge is -2.24. The molecule has 0 aromatic carbocycles. The maximum atomic E-state index is 11.7. The van der Waals surface area contributed by atoms with E-state index in [4.69, 9.17) is 4.74 Å². The zero-order valence-electron chi connectivity index (χ0n) is 10.2. The van der Waals surface area contributed by atoms with E-state index in [0.717, 1.165) is 38.8 Å². The second-order valence-corrected chi connectivity index (χ2v) is 5.13. The van der Waals surface area contributed by atoms with Crippen LogP contribution < -0.4 is 5.32 Å². The number of ether oxygens (including phenoxy) is 1. The van der Waals surface area contributed by atoms with E-state index in [9.17, 15) is 9.59 Å². The molecular weight excluding hydrogens is 218 g/mol. The van der Waals surface area contributed by atoms with Crippen LogP contribution in [0.25, 0.3) is 0 Å². The molecule has 1 aliphatic heterocycles. The molecule has 2 fully saturated rings. The van der Waals surface area contributed by atoms with Crippen molar-refractivity contribution >= 4 is 11.8 Å². The molecule has 4 nitrogen and oxygen atoms in total. The predicted octanol–water partition coefficient (Wildman–Crippen LogP) is 1.43. The second-order valence-electron chi connectivity index (χ2n) is 5.13. The number of esters is 1. The van der Waals surface area contributed by atoms with Gasteiger partial charge in [-0.15, -0.1) is 0 Å². The Morgan fingerprint density at radius 2 is 1.82 bits per heavy atom. The van der Waals surface area contributed by atoms with Crippen molar-refractivity contribution in [1.82, 2.24) is 5.32 Å². The van der Waals surface area contributed by atoms with Crippen LogP contribution in [0.1, 0.15) is 44.9 Å². The minimum Gasteiger partial charge on any atom is -0.462 e. The molecule has 4 heteroatoms. The van der Waals surface area contributed by atoms with Crippen LogP contribution in [0.15, 0.2) is 0 Å². The Balaban J connectivity index is 1.67. The molecule has 2 aliphatic rings. The summed E-state index contributed by atoms with van der Waals surface area (Å²) in [6, 6.07) is 0. The summed E-state index contributed by atoms with van der Waals surface area (Å²) >= 11 is 0. The number of carbonyl (C=O) groups is 2. The van der Waals surface area contributed by atoms with Crippen LogP contribution in [0.4, 0.5) is 0 Å². The molecule has 0 radical (unpaired) electrons. The molecule has 0 atom stereocenters. The van der Waals surface area contributed by atoms with E-state index in [1.165, 1.54) is 0 Å². The summed E-state index contributed by atoms with van der Waals surface area (Å²) in [5.74, 6) is 0.709. The van der Waals surface area contributed by atoms with Crippen LogP contribution in [0, 0.1) is 5.92 Å². The van der Waals surface area contributed by atoms with E-state index < -0.39 is 0 Å². The van der Waals surface area contributed by atoms with Crippen molar-refractivity contribution in [2.75, 3.05) is 13.1 Å². The van der Waals surface area contributed by atoms with Gasteiger partial charge in [-0.25, -0.2) is 0 Å². The molecule has 0 spiro atoms. The van der Waals surface area contributed by atoms with Crippen LogP contribution in [0.3, 0.4) is 0 Å². The Kier molecular flexibility index (Phi) is 4.54. The van der Waals surface area contributed by atoms with Gasteiger partial charge in [-0.3, -0.25) is 9.59 Å². The number of hydrogen-bond donors (Lipinski definition) is 1. The molecule has 0 aromatic heterocycles. The maximum absolute atomic E-state index is 11.7. The molecule has 17 heavy (non-hydrogen) atoms. The van der Waals surface area contributed by atoms with Crippen molar-refractivity contribution in [2.45, 2.75) is 51.0 Å². The normalized spacial score (nSPS) is 23.6. The Bertz CT molecular complexity index is 274. The first-order valence-electron chi connectivity index (χ1n) is 6.66. The zero-order valence-corrected chi connectivity index (χ0v) is 10.2. The lowest BCUT2D eigenvalue weighted by molar-refractivity contribution is -0.153. The zero-order chi connectivity index (χ0) is 12.1. The molecule has 2 rings (SSSR count). The highest BCUT2D eigenvalue weighted by atomic mass is 16.5. The summed E-state index contributed by atoms with van der Waals surface area (Å²) in [6.07, 6.45) is 5.26. The van der Waals surface area contributed by atoms with Crippen LogP contribution in [-0.4, -0.2) is 30.9 Å². The first kappa shape index (κ1) is 12.6. The quantitative estimate of drug-likeness (QED) is 0.757. The van der Waals surface area contributed by atoms with E-state index in [0.29, 0.717) is 31.0 Å². The standard InChI is InChI=1S/C13H21NO3/c15-11-1-3-12(4-2-11)17-13(16)9-10-5-7-14-8-6-10/h10,12,14H,1-9H2. The van der Waals surface area contributed by atoms with Gasteiger partial charge in [-0.1, -0.05) is 0 Å². The van der Waals surface area contributed by atoms with Gasteiger partial charge in [0.2, 0.25) is 0 Å². The molecule has 1 N–H and O–H groups in total. The highest BCUT2D eigenvalue weighted by molar-refractivity contribution is 5.79. The molecule has 1 saturated heterocycles. The van der Waals surface area contributed by atoms with E-state index >= 15 is 0 Å². The maximum Gasteiger partial charge on any atom is 0.306 e. The fourth-order valence-corrected chi connectivity index (χ4v) is 2.59. The van der Waals surface area contributed by atoms with Crippen molar-refractivity contribution in [3.63, 3.8) is 0 Å². The molecule has 0 amide bonds. The lowest BCUT2D eigenvalue weighted by Crippen LogP contribution is -2.30. The van der Waals surface area contributed by atoms with Gasteiger partial charge in [0.05, 0.1) is 0 Å². The lowest BCUT2D eigenvalue weighted by atomic mass is 9.94. The van der Waals surface area contributed by atoms with Crippen LogP contribution in [0.5, 0.6) is 0 Å². The molecule has 0 unspecified atom stereocenters. The van der Waals surface area contributed by atoms with Crippen molar-refractivity contribution < 1.29 is 14.3 Å². The molecule has 0 bridgehead atoms. The predicted molar refractivity (Wildman–Crippen MR) is 63.6 cm³/mol. The van der Waals surface area contributed by atoms with Crippen LogP contribution in [0.2, 0.25) is 0 Å². The summed E-state index contributed by atoms with van der Waals surface area (Å²) in [4.78, 5) is 22.8. The molecule has 1 aliphatic carbocycles. The number of nitrogens with one attached hydrogen (secondary N) is 1. The van der Waals surface area contributed by atoms with Gasteiger partial charge in [-0.2, -0.15) is 0 Å². The third kappa shape index (κ3) is 4.11. The van der Waals surface area contributed by atoms with E-state index in [2.05, 4.69) is 5.32 Å². The molecule has 1 heterocycles. The van der Waals surface area contributed by atoms with Gasteiger partial charge in [0, 0.05) is 19.3 Å². The molecule has 96 valence electrons. The number of rotatable bonds is 3. The Morgan fingerprint density at radius 1 is 1.18 bits per heavy atom. The largest absolute Gasteiger partial charge is 0.462 e. The number of ketones is 1. The minimum atomic E-state index is -0.0729. The summed E-state index contributed by atoms with van der Waals surface area (Å²) in [5.41, 5.74) is 0. The van der Waals surface area contributed by atoms with Gasteiger partial charge in [0.1, 0.15) is 11.9 Å². The van der Waals surface area contributed by atoms with Gasteiger partial charge >= 0.3 is 5.97 Å². The van der Waals surface area contributed by atoms with Crippen LogP contribution in [-0.2, 0) is 14.3 Å². The smallest absolute Gasteiger partial charge is 0.306 e. The Morgan fingerprint density at radius 3 is 2.47 bits per heavy atom. The number of carbonyl (C=O) groups excluding carboxylic acids is 2. The van der Waals surface area contributed by atoms with Crippen molar-refractivity contribution in [1.29, 1.82) is 0 Å². The summed E-state index contributed by atoms with van der Waals surface area (Å²) in [6.45, 7) is 2.02. The number of piperidine rings is 1. The highest BCUT2D eigenvalue weighted by Gasteiger charge is 2.24. The van der Waals surface area contributed by atoms with Gasteiger partial charge in [0.15, 0.2) is 0 Å². The average molecular weight is 239 g/mol.